The first-order valence-corrected chi connectivity index (χ1v) is 13.8. The molecule has 0 aliphatic heterocycles. The van der Waals surface area contributed by atoms with Gasteiger partial charge in [0.1, 0.15) is 29.2 Å². The highest BCUT2D eigenvalue weighted by Gasteiger charge is 2.40. The minimum absolute atomic E-state index is 0.306. The highest BCUT2D eigenvalue weighted by molar-refractivity contribution is 6.07. The van der Waals surface area contributed by atoms with Crippen molar-refractivity contribution in [2.75, 3.05) is 0 Å². The van der Waals surface area contributed by atoms with Crippen LogP contribution in [0.25, 0.3) is 39.0 Å². The van der Waals surface area contributed by atoms with Crippen molar-refractivity contribution in [1.29, 1.82) is 21.0 Å². The predicted molar refractivity (Wildman–Crippen MR) is 153 cm³/mol. The number of rotatable bonds is 4. The van der Waals surface area contributed by atoms with E-state index in [0.29, 0.717) is 36.4 Å². The molecule has 0 fully saturated rings. The number of benzene rings is 4. The zero-order valence-corrected chi connectivity index (χ0v) is 24.9. The normalized spacial score (nSPS) is 12.5. The first-order valence-electron chi connectivity index (χ1n) is 13.8. The van der Waals surface area contributed by atoms with Crippen molar-refractivity contribution in [2.24, 2.45) is 0 Å². The number of nitrogens with zero attached hydrogens (tertiary/aromatic N) is 4. The molecule has 0 radical (unpaired) electrons. The summed E-state index contributed by atoms with van der Waals surface area (Å²) >= 11 is 0. The van der Waals surface area contributed by atoms with E-state index >= 15 is 0 Å². The Morgan fingerprint density at radius 2 is 0.827 bits per heavy atom. The Balaban J connectivity index is 1.92. The van der Waals surface area contributed by atoms with Crippen molar-refractivity contribution in [3.8, 4) is 69.2 Å². The number of hydrogen-bond acceptors (Lipinski definition) is 6. The smallest absolute Gasteiger partial charge is 0.405 e. The van der Waals surface area contributed by atoms with Gasteiger partial charge in [0.15, 0.2) is 0 Å². The van der Waals surface area contributed by atoms with Crippen molar-refractivity contribution in [1.82, 2.24) is 0 Å². The van der Waals surface area contributed by atoms with Gasteiger partial charge in [-0.2, -0.15) is 47.4 Å². The van der Waals surface area contributed by atoms with Crippen LogP contribution >= 0.6 is 0 Å². The van der Waals surface area contributed by atoms with E-state index < -0.39 is 103 Å². The van der Waals surface area contributed by atoms with Gasteiger partial charge in [0, 0.05) is 16.7 Å². The van der Waals surface area contributed by atoms with Crippen LogP contribution in [-0.4, -0.2) is 12.7 Å². The predicted octanol–water partition coefficient (Wildman–Crippen LogP) is 10.4. The second-order valence-electron chi connectivity index (χ2n) is 10.6. The molecule has 0 saturated carbocycles. The average Bonchev–Trinajstić information content (AvgIpc) is 3.33. The van der Waals surface area contributed by atoms with Gasteiger partial charge in [0.25, 0.3) is 0 Å². The third-order valence-corrected chi connectivity index (χ3v) is 7.51. The van der Waals surface area contributed by atoms with E-state index in [4.69, 9.17) is 0 Å². The number of ether oxygens (including phenoxy) is 2. The molecule has 1 aliphatic rings. The van der Waals surface area contributed by atoms with Gasteiger partial charge in [0.05, 0.1) is 34.4 Å². The maximum absolute atomic E-state index is 13.8. The molecule has 0 N–H and O–H groups in total. The molecule has 4 aromatic rings. The van der Waals surface area contributed by atoms with Crippen LogP contribution in [0.1, 0.15) is 33.4 Å². The lowest BCUT2D eigenvalue weighted by molar-refractivity contribution is -0.275. The third-order valence-electron chi connectivity index (χ3n) is 7.51. The molecule has 0 atom stereocenters. The summed E-state index contributed by atoms with van der Waals surface area (Å²) < 4.78 is 173. The summed E-state index contributed by atoms with van der Waals surface area (Å²) in [5.41, 5.74) is -10.5. The molecule has 6 nitrogen and oxygen atoms in total. The van der Waals surface area contributed by atoms with E-state index in [0.717, 1.165) is 24.3 Å². The van der Waals surface area contributed by atoms with Gasteiger partial charge in [-0.3, -0.25) is 0 Å². The summed E-state index contributed by atoms with van der Waals surface area (Å²) in [7, 11) is 0. The molecular weight excluding hydrogens is 724 g/mol. The lowest BCUT2D eigenvalue weighted by Crippen LogP contribution is -2.18. The molecule has 0 aromatic heterocycles. The second kappa shape index (κ2) is 12.6. The molecule has 0 saturated heterocycles. The molecule has 1 aliphatic carbocycles. The molecule has 0 spiro atoms. The molecule has 0 bridgehead atoms. The van der Waals surface area contributed by atoms with Gasteiger partial charge in [-0.1, -0.05) is 12.1 Å². The molecule has 0 unspecified atom stereocenters. The van der Waals surface area contributed by atoms with Gasteiger partial charge in [-0.25, -0.2) is 0 Å². The lowest BCUT2D eigenvalue weighted by Gasteiger charge is -2.18. The number of alkyl halides is 12. The van der Waals surface area contributed by atoms with Crippen molar-refractivity contribution in [3.05, 3.63) is 99.6 Å². The number of fused-ring (bicyclic) bond motifs is 3. The Labute approximate surface area is 282 Å². The quantitative estimate of drug-likeness (QED) is 0.134. The first kappa shape index (κ1) is 36.6. The fraction of sp³-hybridized carbons (Fsp3) is 0.118. The van der Waals surface area contributed by atoms with Crippen molar-refractivity contribution < 1.29 is 62.2 Å². The van der Waals surface area contributed by atoms with Crippen LogP contribution in [0.4, 0.5) is 52.7 Å². The van der Waals surface area contributed by atoms with Gasteiger partial charge >= 0.3 is 25.1 Å². The van der Waals surface area contributed by atoms with Crippen LogP contribution in [0.3, 0.4) is 0 Å². The van der Waals surface area contributed by atoms with Crippen molar-refractivity contribution in [3.63, 3.8) is 0 Å². The average molecular weight is 734 g/mol. The maximum atomic E-state index is 13.8. The Kier molecular flexibility index (Phi) is 8.86. The number of halogens is 12. The third kappa shape index (κ3) is 7.00. The Morgan fingerprint density at radius 3 is 1.12 bits per heavy atom. The van der Waals surface area contributed by atoms with Gasteiger partial charge in [-0.15, -0.1) is 26.3 Å². The largest absolute Gasteiger partial charge is 0.573 e. The van der Waals surface area contributed by atoms with E-state index in [9.17, 15) is 73.7 Å². The molecule has 18 heteroatoms. The zero-order chi connectivity index (χ0) is 38.6. The summed E-state index contributed by atoms with van der Waals surface area (Å²) in [6, 6.07) is 12.0. The summed E-state index contributed by atoms with van der Waals surface area (Å²) in [4.78, 5) is 0. The molecule has 0 heterocycles. The highest BCUT2D eigenvalue weighted by Crippen LogP contribution is 2.54. The molecule has 5 rings (SSSR count). The summed E-state index contributed by atoms with van der Waals surface area (Å²) in [6.45, 7) is 0. The molecule has 0 amide bonds. The van der Waals surface area contributed by atoms with Crippen LogP contribution < -0.4 is 9.47 Å². The number of allylic oxidation sites excluding steroid dienone is 1. The van der Waals surface area contributed by atoms with E-state index in [1.54, 1.807) is 0 Å². The topological polar surface area (TPSA) is 114 Å². The fourth-order valence-corrected chi connectivity index (χ4v) is 5.53. The van der Waals surface area contributed by atoms with E-state index in [-0.39, 0.29) is 11.1 Å². The minimum atomic E-state index is -5.50. The fourth-order valence-electron chi connectivity index (χ4n) is 5.53. The van der Waals surface area contributed by atoms with Crippen LogP contribution in [0, 0.1) is 45.3 Å². The Morgan fingerprint density at radius 1 is 0.462 bits per heavy atom. The minimum Gasteiger partial charge on any atom is -0.405 e. The lowest BCUT2D eigenvalue weighted by atomic mass is 9.93. The first-order chi connectivity index (χ1) is 24.1. The number of hydrogen-bond donors (Lipinski definition) is 0. The van der Waals surface area contributed by atoms with E-state index in [2.05, 4.69) is 9.47 Å². The molecule has 52 heavy (non-hydrogen) atoms. The van der Waals surface area contributed by atoms with Crippen LogP contribution in [0.15, 0.2) is 66.2 Å². The zero-order valence-electron chi connectivity index (χ0n) is 24.9. The van der Waals surface area contributed by atoms with Crippen LogP contribution in [-0.2, 0) is 12.4 Å². The van der Waals surface area contributed by atoms with Crippen LogP contribution in [0.2, 0.25) is 0 Å². The van der Waals surface area contributed by atoms with Crippen molar-refractivity contribution in [2.45, 2.75) is 25.1 Å². The summed E-state index contributed by atoms with van der Waals surface area (Å²) in [5, 5.41) is 37.8. The molecule has 262 valence electrons. The maximum Gasteiger partial charge on any atom is 0.573 e. The van der Waals surface area contributed by atoms with Gasteiger partial charge in [0.2, 0.25) is 0 Å². The molecular formula is C34H10F12N4O2. The van der Waals surface area contributed by atoms with Crippen LogP contribution in [0.5, 0.6) is 11.5 Å². The Hall–Kier alpha value is -6.66. The van der Waals surface area contributed by atoms with E-state index in [1.165, 1.54) is 24.3 Å². The summed E-state index contributed by atoms with van der Waals surface area (Å²) in [5.74, 6) is -2.39. The van der Waals surface area contributed by atoms with Gasteiger partial charge in [-0.05, 0) is 81.9 Å². The monoisotopic (exact) mass is 734 g/mol. The summed E-state index contributed by atoms with van der Waals surface area (Å²) in [6.07, 6.45) is -21.4. The van der Waals surface area contributed by atoms with Gasteiger partial charge < -0.3 is 9.47 Å². The second-order valence-corrected chi connectivity index (χ2v) is 10.6. The number of nitriles is 4. The molecule has 4 aromatic carbocycles. The Bertz CT molecular complexity index is 2200. The van der Waals surface area contributed by atoms with Crippen molar-refractivity contribution >= 4 is 5.57 Å². The van der Waals surface area contributed by atoms with E-state index in [1.807, 2.05) is 0 Å². The highest BCUT2D eigenvalue weighted by atomic mass is 19.4. The standard InChI is InChI=1S/C34H10F12N4O2/c35-31(36,37)26-5-15(1-3-17(26)11-47)20-7-22-23-8-21(16-2-4-18(12-48)27(6-16)32(38,39)40)29(52-34(44,45)46)10-25(23)30(19(13-49)14-50)24(22)9-28(20)51-33(41,42)43/h1-10H. The SMILES string of the molecule is N#CC(C#N)=C1c2cc(OC(F)(F)F)c(-c3ccc(C#N)c(C(F)(F)F)c3)cc2-c2cc(-c3ccc(C#N)c(C(F)(F)F)c3)c(OC(F)(F)F)cc21.